The molecule has 310 valence electrons. The van der Waals surface area contributed by atoms with Gasteiger partial charge in [-0.3, -0.25) is 0 Å². The Morgan fingerprint density at radius 1 is 0.391 bits per heavy atom. The highest BCUT2D eigenvalue weighted by Crippen LogP contribution is 2.73. The lowest BCUT2D eigenvalue weighted by Gasteiger charge is -2.44. The molecule has 0 radical (unpaired) electrons. The van der Waals surface area contributed by atoms with Crippen LogP contribution in [0.3, 0.4) is 0 Å². The lowest BCUT2D eigenvalue weighted by molar-refractivity contribution is 0.191. The Morgan fingerprint density at radius 2 is 0.953 bits per heavy atom. The van der Waals surface area contributed by atoms with Crippen molar-refractivity contribution in [2.45, 2.75) is 69.6 Å². The fourth-order valence-electron chi connectivity index (χ4n) is 15.2. The van der Waals surface area contributed by atoms with Gasteiger partial charge in [-0.15, -0.1) is 0 Å². The molecule has 64 heavy (non-hydrogen) atoms. The van der Waals surface area contributed by atoms with Crippen molar-refractivity contribution in [3.63, 3.8) is 0 Å². The van der Waals surface area contributed by atoms with Gasteiger partial charge in [0.15, 0.2) is 0 Å². The van der Waals surface area contributed by atoms with Crippen LogP contribution in [0.15, 0.2) is 176 Å². The molecule has 4 fully saturated rings. The van der Waals surface area contributed by atoms with Gasteiger partial charge in [0.25, 0.3) is 0 Å². The molecule has 4 saturated carbocycles. The first-order valence-corrected chi connectivity index (χ1v) is 24.0. The van der Waals surface area contributed by atoms with E-state index in [1.165, 1.54) is 121 Å². The summed E-state index contributed by atoms with van der Waals surface area (Å²) in [5.41, 5.74) is 25.8. The van der Waals surface area contributed by atoms with E-state index in [2.05, 4.69) is 209 Å². The molecule has 8 aromatic carbocycles. The maximum atomic E-state index is 2.67. The van der Waals surface area contributed by atoms with E-state index in [-0.39, 0.29) is 16.2 Å². The summed E-state index contributed by atoms with van der Waals surface area (Å²) in [6.45, 7) is 9.55. The predicted molar refractivity (Wildman–Crippen MR) is 266 cm³/mol. The summed E-state index contributed by atoms with van der Waals surface area (Å²) in [4.78, 5) is 2.64. The van der Waals surface area contributed by atoms with E-state index < -0.39 is 0 Å². The van der Waals surface area contributed by atoms with Crippen molar-refractivity contribution >= 4 is 17.1 Å². The van der Waals surface area contributed by atoms with Crippen LogP contribution in [0, 0.1) is 23.7 Å². The number of para-hydroxylation sites is 2. The van der Waals surface area contributed by atoms with E-state index in [1.807, 2.05) is 0 Å². The van der Waals surface area contributed by atoms with Crippen LogP contribution in [0.2, 0.25) is 0 Å². The van der Waals surface area contributed by atoms with Gasteiger partial charge in [0, 0.05) is 33.1 Å². The minimum absolute atomic E-state index is 0.0466. The summed E-state index contributed by atoms with van der Waals surface area (Å²) >= 11 is 0. The number of nitrogens with zero attached hydrogens (tertiary/aromatic N) is 1. The summed E-state index contributed by atoms with van der Waals surface area (Å²) in [5, 5.41) is 0. The molecule has 15 rings (SSSR count). The number of benzene rings is 8. The fourth-order valence-corrected chi connectivity index (χ4v) is 15.2. The van der Waals surface area contributed by atoms with Crippen molar-refractivity contribution in [2.75, 3.05) is 4.90 Å². The van der Waals surface area contributed by atoms with Crippen molar-refractivity contribution < 1.29 is 0 Å². The van der Waals surface area contributed by atoms with Crippen molar-refractivity contribution in [1.29, 1.82) is 0 Å². The molecule has 7 aliphatic carbocycles. The topological polar surface area (TPSA) is 3.24 Å². The van der Waals surface area contributed by atoms with Gasteiger partial charge in [0.2, 0.25) is 0 Å². The Kier molecular flexibility index (Phi) is 7.43. The minimum atomic E-state index is -0.0901. The Bertz CT molecular complexity index is 3290. The quantitative estimate of drug-likeness (QED) is 0.167. The largest absolute Gasteiger partial charge is 0.309 e. The molecule has 7 aliphatic rings. The van der Waals surface area contributed by atoms with E-state index in [9.17, 15) is 0 Å². The third kappa shape index (κ3) is 4.65. The first-order chi connectivity index (χ1) is 31.2. The molecule has 0 aromatic heterocycles. The van der Waals surface area contributed by atoms with Crippen LogP contribution < -0.4 is 4.90 Å². The van der Waals surface area contributed by atoms with Crippen LogP contribution in [0.25, 0.3) is 55.6 Å². The second-order valence-electron chi connectivity index (χ2n) is 21.2. The number of anilines is 3. The van der Waals surface area contributed by atoms with Gasteiger partial charge >= 0.3 is 0 Å². The van der Waals surface area contributed by atoms with Crippen LogP contribution in [-0.4, -0.2) is 0 Å². The van der Waals surface area contributed by atoms with Crippen LogP contribution in [0.4, 0.5) is 17.1 Å². The first kappa shape index (κ1) is 37.0. The average molecular weight is 824 g/mol. The smallest absolute Gasteiger partial charge is 0.0540 e. The van der Waals surface area contributed by atoms with E-state index in [0.29, 0.717) is 5.92 Å². The molecule has 0 amide bonds. The molecule has 0 aliphatic heterocycles. The van der Waals surface area contributed by atoms with Crippen molar-refractivity contribution in [3.05, 3.63) is 209 Å². The molecule has 0 saturated heterocycles. The highest BCUT2D eigenvalue weighted by atomic mass is 15.1. The number of hydrogen-bond donors (Lipinski definition) is 0. The normalized spacial score (nSPS) is 23.7. The zero-order valence-corrected chi connectivity index (χ0v) is 37.3. The fraction of sp³-hybridized carbons (Fsp3) is 0.238. The second kappa shape index (κ2) is 12.9. The second-order valence-corrected chi connectivity index (χ2v) is 21.2. The zero-order valence-electron chi connectivity index (χ0n) is 37.3. The van der Waals surface area contributed by atoms with Gasteiger partial charge in [-0.05, 0) is 158 Å². The van der Waals surface area contributed by atoms with Crippen LogP contribution >= 0.6 is 0 Å². The molecule has 0 heterocycles. The highest BCUT2D eigenvalue weighted by molar-refractivity contribution is 6.00. The Labute approximate surface area is 378 Å². The molecular formula is C63H53N. The lowest BCUT2D eigenvalue weighted by atomic mass is 9.59. The van der Waals surface area contributed by atoms with Gasteiger partial charge in [-0.2, -0.15) is 0 Å². The molecule has 5 unspecified atom stereocenters. The predicted octanol–water partition coefficient (Wildman–Crippen LogP) is 16.4. The van der Waals surface area contributed by atoms with Crippen molar-refractivity contribution in [2.24, 2.45) is 23.7 Å². The third-order valence-corrected chi connectivity index (χ3v) is 17.7. The summed E-state index contributed by atoms with van der Waals surface area (Å²) in [5.74, 6) is 3.16. The maximum absolute atomic E-state index is 2.67. The minimum Gasteiger partial charge on any atom is -0.309 e. The number of rotatable bonds is 5. The van der Waals surface area contributed by atoms with Crippen molar-refractivity contribution in [1.82, 2.24) is 0 Å². The van der Waals surface area contributed by atoms with Gasteiger partial charge in [-0.1, -0.05) is 173 Å². The lowest BCUT2D eigenvalue weighted by Crippen LogP contribution is -2.40. The summed E-state index contributed by atoms with van der Waals surface area (Å²) < 4.78 is 0. The van der Waals surface area contributed by atoms with E-state index in [1.54, 1.807) is 11.1 Å². The molecular weight excluding hydrogens is 771 g/mol. The highest BCUT2D eigenvalue weighted by Gasteiger charge is 2.66. The van der Waals surface area contributed by atoms with E-state index in [0.717, 1.165) is 17.8 Å². The summed E-state index contributed by atoms with van der Waals surface area (Å²) in [6, 6.07) is 68.1. The first-order valence-electron chi connectivity index (χ1n) is 24.0. The average Bonchev–Trinajstić information content (AvgIpc) is 4.01. The van der Waals surface area contributed by atoms with E-state index in [4.69, 9.17) is 0 Å². The molecule has 4 bridgehead atoms. The molecule has 1 nitrogen and oxygen atoms in total. The Hall–Kier alpha value is -6.44. The van der Waals surface area contributed by atoms with Gasteiger partial charge in [-0.25, -0.2) is 0 Å². The SMILES string of the molecule is CC1(C)c2ccccc2-c2cc(-c3ccccc3N(c3ccc4c(c3)C3(c5ccccc5-4)C4CC5CC(C4)C3C5)c3ccccc3-c3cccc4c3-c3ccccc3C4(C)C)ccc21. The zero-order chi connectivity index (χ0) is 42.7. The van der Waals surface area contributed by atoms with Crippen LogP contribution in [-0.2, 0) is 16.2 Å². The third-order valence-electron chi connectivity index (χ3n) is 17.7. The Balaban J connectivity index is 1.02. The standard InChI is InChI=1S/C63H53N/c1-61(2)51-22-10-5-18-45(51)50-36-39(28-31-53(50)61)43-16-8-13-26-58(43)64(59-27-14-9-19-47(59)48-21-15-25-55-60(48)49-20-7-11-23-52(49)62(55,3)4)42-29-30-46-44-17-6-12-24-54(44)63(57(46)37-42)41-33-38-32-40(35-41)56(63)34-38/h5-31,36-38,40-41,56H,32-35H2,1-4H3. The molecule has 5 atom stereocenters. The van der Waals surface area contributed by atoms with Gasteiger partial charge in [0.05, 0.1) is 11.4 Å². The van der Waals surface area contributed by atoms with Gasteiger partial charge in [0.1, 0.15) is 0 Å². The molecule has 0 N–H and O–H groups in total. The van der Waals surface area contributed by atoms with Crippen LogP contribution in [0.5, 0.6) is 0 Å². The van der Waals surface area contributed by atoms with Crippen LogP contribution in [0.1, 0.15) is 86.8 Å². The molecule has 1 spiro atoms. The maximum Gasteiger partial charge on any atom is 0.0540 e. The Morgan fingerprint density at radius 3 is 1.72 bits per heavy atom. The van der Waals surface area contributed by atoms with Gasteiger partial charge < -0.3 is 4.90 Å². The number of fused-ring (bicyclic) bond motifs is 9. The molecule has 8 aromatic rings. The number of hydrogen-bond acceptors (Lipinski definition) is 1. The molecule has 1 heteroatoms. The monoisotopic (exact) mass is 823 g/mol. The summed E-state index contributed by atoms with van der Waals surface area (Å²) in [6.07, 6.45) is 5.56. The van der Waals surface area contributed by atoms with Crippen molar-refractivity contribution in [3.8, 4) is 55.6 Å². The summed E-state index contributed by atoms with van der Waals surface area (Å²) in [7, 11) is 0. The van der Waals surface area contributed by atoms with E-state index >= 15 is 0 Å².